The average molecular weight is 321 g/mol. The summed E-state index contributed by atoms with van der Waals surface area (Å²) in [4.78, 5) is 11.9. The molecule has 1 unspecified atom stereocenters. The van der Waals surface area contributed by atoms with Gasteiger partial charge < -0.3 is 10.6 Å². The van der Waals surface area contributed by atoms with E-state index in [1.165, 1.54) is 12.1 Å². The van der Waals surface area contributed by atoms with Gasteiger partial charge in [0.15, 0.2) is 0 Å². The molecule has 0 saturated carbocycles. The predicted octanol–water partition coefficient (Wildman–Crippen LogP) is 3.69. The molecule has 1 atom stereocenters. The monoisotopic (exact) mass is 320 g/mol. The molecule has 1 aliphatic heterocycles. The maximum absolute atomic E-state index is 13.3. The van der Waals surface area contributed by atoms with Crippen molar-refractivity contribution < 1.29 is 9.18 Å². The van der Waals surface area contributed by atoms with Crippen LogP contribution in [0.5, 0.6) is 0 Å². The van der Waals surface area contributed by atoms with E-state index < -0.39 is 6.04 Å². The van der Waals surface area contributed by atoms with Crippen LogP contribution in [-0.2, 0) is 4.79 Å². The lowest BCUT2D eigenvalue weighted by Crippen LogP contribution is -2.19. The number of fused-ring (bicyclic) bond motifs is 1. The lowest BCUT2D eigenvalue weighted by atomic mass is 10.1. The highest BCUT2D eigenvalue weighted by Crippen LogP contribution is 2.35. The van der Waals surface area contributed by atoms with Crippen molar-refractivity contribution in [3.63, 3.8) is 0 Å². The number of halogens is 2. The van der Waals surface area contributed by atoms with Crippen LogP contribution in [-0.4, -0.2) is 5.91 Å². The first-order valence-electron chi connectivity index (χ1n) is 5.76. The molecule has 1 amide bonds. The van der Waals surface area contributed by atoms with Gasteiger partial charge in [-0.25, -0.2) is 4.39 Å². The summed E-state index contributed by atoms with van der Waals surface area (Å²) in [6.07, 6.45) is 0. The van der Waals surface area contributed by atoms with Gasteiger partial charge in [0.25, 0.3) is 5.91 Å². The molecule has 0 spiro atoms. The zero-order chi connectivity index (χ0) is 13.4. The van der Waals surface area contributed by atoms with Crippen LogP contribution < -0.4 is 10.6 Å². The van der Waals surface area contributed by atoms with E-state index in [0.29, 0.717) is 11.3 Å². The summed E-state index contributed by atoms with van der Waals surface area (Å²) in [6, 6.07) is 11.2. The molecule has 0 aromatic heterocycles. The van der Waals surface area contributed by atoms with Crippen molar-refractivity contribution in [2.24, 2.45) is 0 Å². The van der Waals surface area contributed by atoms with E-state index in [9.17, 15) is 9.18 Å². The second-order valence-electron chi connectivity index (χ2n) is 4.28. The number of hydrogen-bond acceptors (Lipinski definition) is 2. The smallest absolute Gasteiger partial charge is 0.251 e. The first-order chi connectivity index (χ1) is 9.15. The number of carbonyl (C=O) groups excluding carboxylic acids is 1. The molecule has 96 valence electrons. The van der Waals surface area contributed by atoms with Crippen LogP contribution in [0.3, 0.4) is 0 Å². The highest BCUT2D eigenvalue weighted by molar-refractivity contribution is 9.10. The van der Waals surface area contributed by atoms with Crippen LogP contribution in [0.4, 0.5) is 15.8 Å². The first kappa shape index (κ1) is 12.2. The number of amides is 1. The fourth-order valence-electron chi connectivity index (χ4n) is 2.11. The molecule has 0 fully saturated rings. The van der Waals surface area contributed by atoms with E-state index in [4.69, 9.17) is 0 Å². The van der Waals surface area contributed by atoms with Crippen LogP contribution in [0.15, 0.2) is 46.9 Å². The first-order valence-corrected chi connectivity index (χ1v) is 6.56. The number of benzene rings is 2. The summed E-state index contributed by atoms with van der Waals surface area (Å²) >= 11 is 3.41. The number of para-hydroxylation sites is 1. The van der Waals surface area contributed by atoms with Gasteiger partial charge in [0.2, 0.25) is 0 Å². The number of anilines is 2. The summed E-state index contributed by atoms with van der Waals surface area (Å²) in [7, 11) is 0. The minimum absolute atomic E-state index is 0.184. The summed E-state index contributed by atoms with van der Waals surface area (Å²) in [5.74, 6) is -0.537. The Morgan fingerprint density at radius 2 is 2.00 bits per heavy atom. The molecule has 1 aliphatic rings. The SMILES string of the molecule is O=C1Nc2ccc(F)cc2C1Nc1ccccc1Br. The molecule has 3 nitrogen and oxygen atoms in total. The summed E-state index contributed by atoms with van der Waals surface area (Å²) in [6.45, 7) is 0. The second kappa shape index (κ2) is 4.66. The average Bonchev–Trinajstić information content (AvgIpc) is 2.69. The molecule has 0 aliphatic carbocycles. The zero-order valence-corrected chi connectivity index (χ0v) is 11.4. The van der Waals surface area contributed by atoms with Crippen LogP contribution in [0.25, 0.3) is 0 Å². The minimum atomic E-state index is -0.579. The van der Waals surface area contributed by atoms with Crippen LogP contribution in [0, 0.1) is 5.82 Å². The topological polar surface area (TPSA) is 41.1 Å². The van der Waals surface area contributed by atoms with Crippen molar-refractivity contribution in [2.45, 2.75) is 6.04 Å². The fraction of sp³-hybridized carbons (Fsp3) is 0.0714. The van der Waals surface area contributed by atoms with E-state index >= 15 is 0 Å². The molecular formula is C14H10BrFN2O. The number of nitrogens with one attached hydrogen (secondary N) is 2. The second-order valence-corrected chi connectivity index (χ2v) is 5.13. The molecule has 5 heteroatoms. The van der Waals surface area contributed by atoms with Crippen molar-refractivity contribution in [3.8, 4) is 0 Å². The van der Waals surface area contributed by atoms with Crippen molar-refractivity contribution in [1.29, 1.82) is 0 Å². The molecule has 0 bridgehead atoms. The molecule has 2 aromatic carbocycles. The Bertz CT molecular complexity index is 660. The Morgan fingerprint density at radius 1 is 1.21 bits per heavy atom. The lowest BCUT2D eigenvalue weighted by Gasteiger charge is -2.14. The van der Waals surface area contributed by atoms with Gasteiger partial charge in [0.1, 0.15) is 11.9 Å². The van der Waals surface area contributed by atoms with E-state index in [1.807, 2.05) is 24.3 Å². The predicted molar refractivity (Wildman–Crippen MR) is 75.5 cm³/mol. The number of rotatable bonds is 2. The van der Waals surface area contributed by atoms with Gasteiger partial charge in [-0.1, -0.05) is 12.1 Å². The Labute approximate surface area is 118 Å². The van der Waals surface area contributed by atoms with Crippen molar-refractivity contribution in [3.05, 3.63) is 58.3 Å². The minimum Gasteiger partial charge on any atom is -0.369 e. The molecule has 19 heavy (non-hydrogen) atoms. The van der Waals surface area contributed by atoms with E-state index in [1.54, 1.807) is 6.07 Å². The Morgan fingerprint density at radius 3 is 2.79 bits per heavy atom. The molecule has 1 heterocycles. The summed E-state index contributed by atoms with van der Waals surface area (Å²) < 4.78 is 14.2. The third-order valence-electron chi connectivity index (χ3n) is 3.02. The van der Waals surface area contributed by atoms with Crippen LogP contribution >= 0.6 is 15.9 Å². The quantitative estimate of drug-likeness (QED) is 0.886. The Kier molecular flexibility index (Phi) is 2.98. The van der Waals surface area contributed by atoms with Gasteiger partial charge in [-0.3, -0.25) is 4.79 Å². The maximum Gasteiger partial charge on any atom is 0.251 e. The van der Waals surface area contributed by atoms with Gasteiger partial charge in [-0.15, -0.1) is 0 Å². The maximum atomic E-state index is 13.3. The van der Waals surface area contributed by atoms with Gasteiger partial charge >= 0.3 is 0 Å². The highest BCUT2D eigenvalue weighted by Gasteiger charge is 2.31. The van der Waals surface area contributed by atoms with Crippen molar-refractivity contribution in [2.75, 3.05) is 10.6 Å². The molecule has 0 saturated heterocycles. The van der Waals surface area contributed by atoms with Gasteiger partial charge in [0.05, 0.1) is 0 Å². The van der Waals surface area contributed by atoms with Crippen LogP contribution in [0.2, 0.25) is 0 Å². The van der Waals surface area contributed by atoms with E-state index in [-0.39, 0.29) is 11.7 Å². The summed E-state index contributed by atoms with van der Waals surface area (Å²) in [5.41, 5.74) is 2.07. The fourth-order valence-corrected chi connectivity index (χ4v) is 2.51. The molecule has 3 rings (SSSR count). The van der Waals surface area contributed by atoms with E-state index in [0.717, 1.165) is 10.2 Å². The van der Waals surface area contributed by atoms with Gasteiger partial charge in [-0.05, 0) is 46.3 Å². The summed E-state index contributed by atoms with van der Waals surface area (Å²) in [5, 5.41) is 5.85. The zero-order valence-electron chi connectivity index (χ0n) is 9.78. The van der Waals surface area contributed by atoms with Crippen molar-refractivity contribution in [1.82, 2.24) is 0 Å². The van der Waals surface area contributed by atoms with Gasteiger partial charge in [-0.2, -0.15) is 0 Å². The van der Waals surface area contributed by atoms with E-state index in [2.05, 4.69) is 26.6 Å². The van der Waals surface area contributed by atoms with Gasteiger partial charge in [0, 0.05) is 21.4 Å². The largest absolute Gasteiger partial charge is 0.369 e. The number of hydrogen-bond donors (Lipinski definition) is 2. The Hall–Kier alpha value is -1.88. The number of carbonyl (C=O) groups is 1. The Balaban J connectivity index is 1.97. The third kappa shape index (κ3) is 2.21. The van der Waals surface area contributed by atoms with Crippen molar-refractivity contribution >= 4 is 33.2 Å². The molecule has 0 radical (unpaired) electrons. The molecule has 2 aromatic rings. The van der Waals surface area contributed by atoms with Crippen LogP contribution in [0.1, 0.15) is 11.6 Å². The standard InChI is InChI=1S/C14H10BrFN2O/c15-10-3-1-2-4-12(10)17-13-9-7-8(16)5-6-11(9)18-14(13)19/h1-7,13,17H,(H,18,19). The third-order valence-corrected chi connectivity index (χ3v) is 3.71. The normalized spacial score (nSPS) is 16.9. The molecular weight excluding hydrogens is 311 g/mol. The highest BCUT2D eigenvalue weighted by atomic mass is 79.9. The molecule has 2 N–H and O–H groups in total. The lowest BCUT2D eigenvalue weighted by molar-refractivity contribution is -0.116.